The normalized spacial score (nSPS) is 19.9. The molecule has 1 N–H and O–H groups in total. The van der Waals surface area contributed by atoms with E-state index in [2.05, 4.69) is 5.32 Å². The highest BCUT2D eigenvalue weighted by atomic mass is 32.1. The molecule has 2 heterocycles. The topological polar surface area (TPSA) is 32.3 Å². The minimum Gasteiger partial charge on any atom is -0.344 e. The van der Waals surface area contributed by atoms with Gasteiger partial charge in [0.15, 0.2) is 0 Å². The molecule has 1 fully saturated rings. The Morgan fingerprint density at radius 1 is 1.69 bits per heavy atom. The Bertz CT molecular complexity index is 331. The highest BCUT2D eigenvalue weighted by Crippen LogP contribution is 2.10. The zero-order chi connectivity index (χ0) is 11.4. The Balaban J connectivity index is 1.79. The van der Waals surface area contributed by atoms with Gasteiger partial charge in [0.2, 0.25) is 5.91 Å². The van der Waals surface area contributed by atoms with Crippen LogP contribution in [0.4, 0.5) is 0 Å². The number of carbonyl (C=O) groups excluding carboxylic acids is 1. The predicted molar refractivity (Wildman–Crippen MR) is 66.7 cm³/mol. The van der Waals surface area contributed by atoms with Crippen LogP contribution >= 0.6 is 11.3 Å². The van der Waals surface area contributed by atoms with Gasteiger partial charge in [0.1, 0.15) is 0 Å². The molecule has 1 aromatic heterocycles. The number of nitrogens with zero attached hydrogens (tertiary/aromatic N) is 1. The first kappa shape index (κ1) is 11.6. The summed E-state index contributed by atoms with van der Waals surface area (Å²) in [5.41, 5.74) is 1.13. The standard InChI is InChI=1S/C12H18N2OS/c1-14(8-11-3-2-5-13-11)12(15)7-10-4-6-16-9-10/h4,6,9,11,13H,2-3,5,7-8H2,1H3/t11-/m0/s1. The second-order valence-corrected chi connectivity index (χ2v) is 5.16. The third-order valence-corrected chi connectivity index (χ3v) is 3.75. The summed E-state index contributed by atoms with van der Waals surface area (Å²) in [6, 6.07) is 2.51. The molecule has 1 aliphatic rings. The van der Waals surface area contributed by atoms with E-state index >= 15 is 0 Å². The Morgan fingerprint density at radius 3 is 3.19 bits per heavy atom. The smallest absolute Gasteiger partial charge is 0.226 e. The van der Waals surface area contributed by atoms with Gasteiger partial charge in [-0.3, -0.25) is 4.79 Å². The number of rotatable bonds is 4. The molecule has 16 heavy (non-hydrogen) atoms. The van der Waals surface area contributed by atoms with E-state index in [4.69, 9.17) is 0 Å². The van der Waals surface area contributed by atoms with Gasteiger partial charge in [-0.1, -0.05) is 0 Å². The van der Waals surface area contributed by atoms with Crippen LogP contribution in [0.15, 0.2) is 16.8 Å². The second kappa shape index (κ2) is 5.46. The molecule has 1 atom stereocenters. The van der Waals surface area contributed by atoms with Crippen molar-refractivity contribution in [3.05, 3.63) is 22.4 Å². The lowest BCUT2D eigenvalue weighted by molar-refractivity contribution is -0.129. The van der Waals surface area contributed by atoms with Gasteiger partial charge >= 0.3 is 0 Å². The fourth-order valence-electron chi connectivity index (χ4n) is 2.05. The molecule has 0 aromatic carbocycles. The molecule has 0 aliphatic carbocycles. The van der Waals surface area contributed by atoms with Crippen LogP contribution in [0.2, 0.25) is 0 Å². The van der Waals surface area contributed by atoms with Crippen molar-refractivity contribution in [3.63, 3.8) is 0 Å². The largest absolute Gasteiger partial charge is 0.344 e. The summed E-state index contributed by atoms with van der Waals surface area (Å²) in [6.45, 7) is 1.93. The van der Waals surface area contributed by atoms with Crippen molar-refractivity contribution >= 4 is 17.2 Å². The Labute approximate surface area is 100 Å². The number of hydrogen-bond donors (Lipinski definition) is 1. The summed E-state index contributed by atoms with van der Waals surface area (Å²) in [6.07, 6.45) is 2.96. The first-order chi connectivity index (χ1) is 7.75. The number of carbonyl (C=O) groups is 1. The summed E-state index contributed by atoms with van der Waals surface area (Å²) in [5, 5.41) is 7.47. The summed E-state index contributed by atoms with van der Waals surface area (Å²) in [7, 11) is 1.90. The van der Waals surface area contributed by atoms with E-state index in [1.165, 1.54) is 12.8 Å². The van der Waals surface area contributed by atoms with E-state index in [0.717, 1.165) is 18.7 Å². The quantitative estimate of drug-likeness (QED) is 0.862. The molecule has 0 unspecified atom stereocenters. The minimum absolute atomic E-state index is 0.215. The fourth-order valence-corrected chi connectivity index (χ4v) is 2.72. The number of nitrogens with one attached hydrogen (secondary N) is 1. The first-order valence-corrected chi connectivity index (χ1v) is 6.68. The predicted octanol–water partition coefficient (Wildman–Crippen LogP) is 1.50. The minimum atomic E-state index is 0.215. The molecule has 1 amide bonds. The first-order valence-electron chi connectivity index (χ1n) is 5.74. The van der Waals surface area contributed by atoms with Crippen LogP contribution in [0.5, 0.6) is 0 Å². The summed E-state index contributed by atoms with van der Waals surface area (Å²) in [4.78, 5) is 13.7. The van der Waals surface area contributed by atoms with Gasteiger partial charge in [-0.2, -0.15) is 11.3 Å². The van der Waals surface area contributed by atoms with Gasteiger partial charge in [-0.25, -0.2) is 0 Å². The SMILES string of the molecule is CN(C[C@@H]1CCCN1)C(=O)Cc1ccsc1. The van der Waals surface area contributed by atoms with Gasteiger partial charge < -0.3 is 10.2 Å². The lowest BCUT2D eigenvalue weighted by atomic mass is 10.2. The van der Waals surface area contributed by atoms with Crippen LogP contribution in [-0.4, -0.2) is 37.0 Å². The van der Waals surface area contributed by atoms with Crippen molar-refractivity contribution in [2.45, 2.75) is 25.3 Å². The third kappa shape index (κ3) is 3.06. The summed E-state index contributed by atoms with van der Waals surface area (Å²) >= 11 is 1.64. The van der Waals surface area contributed by atoms with Gasteiger partial charge in [-0.15, -0.1) is 0 Å². The molecule has 88 valence electrons. The lowest BCUT2D eigenvalue weighted by Gasteiger charge is -2.21. The average Bonchev–Trinajstić information content (AvgIpc) is 2.90. The second-order valence-electron chi connectivity index (χ2n) is 4.38. The average molecular weight is 238 g/mol. The molecule has 2 rings (SSSR count). The van der Waals surface area contributed by atoms with E-state index in [1.54, 1.807) is 11.3 Å². The van der Waals surface area contributed by atoms with E-state index < -0.39 is 0 Å². The fraction of sp³-hybridized carbons (Fsp3) is 0.583. The van der Waals surface area contributed by atoms with Crippen molar-refractivity contribution in [2.75, 3.05) is 20.1 Å². The molecule has 1 aromatic rings. The van der Waals surface area contributed by atoms with Crippen LogP contribution in [0.25, 0.3) is 0 Å². The molecule has 3 nitrogen and oxygen atoms in total. The maximum absolute atomic E-state index is 11.9. The lowest BCUT2D eigenvalue weighted by Crippen LogP contribution is -2.39. The molecule has 1 saturated heterocycles. The third-order valence-electron chi connectivity index (χ3n) is 3.02. The Morgan fingerprint density at radius 2 is 2.56 bits per heavy atom. The highest BCUT2D eigenvalue weighted by molar-refractivity contribution is 7.07. The van der Waals surface area contributed by atoms with E-state index in [1.807, 2.05) is 28.8 Å². The number of likely N-dealkylation sites (N-methyl/N-ethyl adjacent to an activating group) is 1. The van der Waals surface area contributed by atoms with Crippen LogP contribution in [0.3, 0.4) is 0 Å². The van der Waals surface area contributed by atoms with Crippen molar-refractivity contribution in [1.82, 2.24) is 10.2 Å². The van der Waals surface area contributed by atoms with Gasteiger partial charge in [0.25, 0.3) is 0 Å². The maximum Gasteiger partial charge on any atom is 0.226 e. The van der Waals surface area contributed by atoms with Gasteiger partial charge in [0, 0.05) is 19.6 Å². The van der Waals surface area contributed by atoms with Crippen LogP contribution in [0, 0.1) is 0 Å². The van der Waals surface area contributed by atoms with E-state index in [9.17, 15) is 4.79 Å². The zero-order valence-electron chi connectivity index (χ0n) is 9.61. The van der Waals surface area contributed by atoms with Gasteiger partial charge in [-0.05, 0) is 41.8 Å². The molecular formula is C12H18N2OS. The van der Waals surface area contributed by atoms with Crippen LogP contribution < -0.4 is 5.32 Å². The van der Waals surface area contributed by atoms with E-state index in [0.29, 0.717) is 12.5 Å². The highest BCUT2D eigenvalue weighted by Gasteiger charge is 2.18. The molecule has 1 aliphatic heterocycles. The number of thiophene rings is 1. The van der Waals surface area contributed by atoms with Crippen molar-refractivity contribution in [1.29, 1.82) is 0 Å². The van der Waals surface area contributed by atoms with Crippen molar-refractivity contribution in [3.8, 4) is 0 Å². The zero-order valence-corrected chi connectivity index (χ0v) is 10.4. The summed E-state index contributed by atoms with van der Waals surface area (Å²) in [5.74, 6) is 0.215. The van der Waals surface area contributed by atoms with Crippen LogP contribution in [-0.2, 0) is 11.2 Å². The monoisotopic (exact) mass is 238 g/mol. The number of hydrogen-bond acceptors (Lipinski definition) is 3. The summed E-state index contributed by atoms with van der Waals surface area (Å²) < 4.78 is 0. The van der Waals surface area contributed by atoms with Crippen LogP contribution in [0.1, 0.15) is 18.4 Å². The molecule has 4 heteroatoms. The van der Waals surface area contributed by atoms with E-state index in [-0.39, 0.29) is 5.91 Å². The van der Waals surface area contributed by atoms with Gasteiger partial charge in [0.05, 0.1) is 6.42 Å². The van der Waals surface area contributed by atoms with Crippen molar-refractivity contribution in [2.24, 2.45) is 0 Å². The molecular weight excluding hydrogens is 220 g/mol. The number of amides is 1. The maximum atomic E-state index is 11.9. The Kier molecular flexibility index (Phi) is 3.96. The molecule has 0 spiro atoms. The van der Waals surface area contributed by atoms with Crippen molar-refractivity contribution < 1.29 is 4.79 Å². The molecule has 0 bridgehead atoms. The molecule has 0 radical (unpaired) electrons. The molecule has 0 saturated carbocycles. The Hall–Kier alpha value is -0.870.